The minimum Gasteiger partial charge on any atom is -0.337 e. The molecule has 0 amide bonds. The molecule has 1 aromatic heterocycles. The molecule has 1 atom stereocenters. The number of benzene rings is 2. The fourth-order valence-corrected chi connectivity index (χ4v) is 2.05. The van der Waals surface area contributed by atoms with Gasteiger partial charge in [0.1, 0.15) is 0 Å². The van der Waals surface area contributed by atoms with Gasteiger partial charge in [-0.3, -0.25) is 0 Å². The Morgan fingerprint density at radius 2 is 2.00 bits per heavy atom. The molecule has 3 aromatic rings. The summed E-state index contributed by atoms with van der Waals surface area (Å²) in [6.07, 6.45) is 5.60. The second kappa shape index (κ2) is 5.16. The standard InChI is InChI=1S/C16H13N3O/c1-2-5-14(17)16-18-15(19-20-16)13-9-8-11-6-3-4-7-12(11)10-13/h1,3-4,6-10,14H,5,17H2. The highest BCUT2D eigenvalue weighted by Crippen LogP contribution is 2.23. The van der Waals surface area contributed by atoms with E-state index in [9.17, 15) is 0 Å². The van der Waals surface area contributed by atoms with E-state index in [1.54, 1.807) is 0 Å². The van der Waals surface area contributed by atoms with Crippen LogP contribution in [0, 0.1) is 12.3 Å². The van der Waals surface area contributed by atoms with Crippen LogP contribution >= 0.6 is 0 Å². The largest absolute Gasteiger partial charge is 0.337 e. The quantitative estimate of drug-likeness (QED) is 0.738. The maximum Gasteiger partial charge on any atom is 0.244 e. The number of hydrogen-bond donors (Lipinski definition) is 1. The van der Waals surface area contributed by atoms with Crippen molar-refractivity contribution >= 4 is 10.8 Å². The van der Waals surface area contributed by atoms with Crippen LogP contribution in [0.5, 0.6) is 0 Å². The summed E-state index contributed by atoms with van der Waals surface area (Å²) in [5.74, 6) is 3.38. The summed E-state index contributed by atoms with van der Waals surface area (Å²) in [7, 11) is 0. The topological polar surface area (TPSA) is 64.9 Å². The van der Waals surface area contributed by atoms with Gasteiger partial charge < -0.3 is 10.3 Å². The maximum absolute atomic E-state index is 5.85. The highest BCUT2D eigenvalue weighted by molar-refractivity contribution is 5.86. The normalized spacial score (nSPS) is 12.2. The summed E-state index contributed by atoms with van der Waals surface area (Å²) in [6, 6.07) is 13.7. The van der Waals surface area contributed by atoms with E-state index in [0.717, 1.165) is 10.9 Å². The fraction of sp³-hybridized carbons (Fsp3) is 0.125. The van der Waals surface area contributed by atoms with Gasteiger partial charge in [0.15, 0.2) is 0 Å². The Kier molecular flexibility index (Phi) is 3.20. The van der Waals surface area contributed by atoms with Crippen LogP contribution in [0.1, 0.15) is 18.4 Å². The third-order valence-electron chi connectivity index (χ3n) is 3.10. The highest BCUT2D eigenvalue weighted by atomic mass is 16.5. The molecule has 0 fully saturated rings. The van der Waals surface area contributed by atoms with E-state index < -0.39 is 6.04 Å². The summed E-state index contributed by atoms with van der Waals surface area (Å²) >= 11 is 0. The second-order valence-electron chi connectivity index (χ2n) is 4.53. The van der Waals surface area contributed by atoms with E-state index in [0.29, 0.717) is 18.1 Å². The molecule has 0 aliphatic heterocycles. The lowest BCUT2D eigenvalue weighted by atomic mass is 10.1. The number of rotatable bonds is 3. The minimum absolute atomic E-state index is 0.367. The van der Waals surface area contributed by atoms with Crippen molar-refractivity contribution in [1.29, 1.82) is 0 Å². The predicted octanol–water partition coefficient (Wildman–Crippen LogP) is 2.91. The lowest BCUT2D eigenvalue weighted by molar-refractivity contribution is 0.357. The van der Waals surface area contributed by atoms with Crippen LogP contribution in [0.3, 0.4) is 0 Å². The number of hydrogen-bond acceptors (Lipinski definition) is 4. The Labute approximate surface area is 116 Å². The summed E-state index contributed by atoms with van der Waals surface area (Å²) in [5, 5.41) is 6.26. The van der Waals surface area contributed by atoms with Gasteiger partial charge in [-0.05, 0) is 16.8 Å². The lowest BCUT2D eigenvalue weighted by Gasteiger charge is -2.00. The van der Waals surface area contributed by atoms with E-state index in [2.05, 4.69) is 22.1 Å². The molecule has 0 aliphatic rings. The third-order valence-corrected chi connectivity index (χ3v) is 3.10. The van der Waals surface area contributed by atoms with Crippen molar-refractivity contribution in [2.75, 3.05) is 0 Å². The van der Waals surface area contributed by atoms with Crippen LogP contribution in [-0.4, -0.2) is 10.1 Å². The van der Waals surface area contributed by atoms with E-state index in [1.165, 1.54) is 5.39 Å². The average Bonchev–Trinajstić information content (AvgIpc) is 2.97. The van der Waals surface area contributed by atoms with Crippen molar-refractivity contribution in [2.45, 2.75) is 12.5 Å². The Bertz CT molecular complexity index is 786. The van der Waals surface area contributed by atoms with Crippen molar-refractivity contribution in [2.24, 2.45) is 5.73 Å². The second-order valence-corrected chi connectivity index (χ2v) is 4.53. The van der Waals surface area contributed by atoms with Crippen LogP contribution in [0.25, 0.3) is 22.2 Å². The van der Waals surface area contributed by atoms with Crippen molar-refractivity contribution in [1.82, 2.24) is 10.1 Å². The van der Waals surface area contributed by atoms with Gasteiger partial charge in [-0.25, -0.2) is 0 Å². The van der Waals surface area contributed by atoms with E-state index in [-0.39, 0.29) is 0 Å². The van der Waals surface area contributed by atoms with Crippen molar-refractivity contribution in [3.8, 4) is 23.7 Å². The Morgan fingerprint density at radius 1 is 1.20 bits per heavy atom. The smallest absolute Gasteiger partial charge is 0.244 e. The van der Waals surface area contributed by atoms with Gasteiger partial charge in [0.25, 0.3) is 0 Å². The summed E-state index contributed by atoms with van der Waals surface area (Å²) in [6.45, 7) is 0. The Balaban J connectivity index is 1.97. The number of nitrogens with two attached hydrogens (primary N) is 1. The molecule has 0 saturated carbocycles. The van der Waals surface area contributed by atoms with E-state index >= 15 is 0 Å². The first-order chi connectivity index (χ1) is 9.78. The summed E-state index contributed by atoms with van der Waals surface area (Å²) < 4.78 is 5.16. The maximum atomic E-state index is 5.85. The van der Waals surface area contributed by atoms with Gasteiger partial charge in [0, 0.05) is 12.0 Å². The monoisotopic (exact) mass is 263 g/mol. The molecule has 2 aromatic carbocycles. The summed E-state index contributed by atoms with van der Waals surface area (Å²) in [4.78, 5) is 4.31. The number of terminal acetylenes is 1. The van der Waals surface area contributed by atoms with Crippen LogP contribution in [0.4, 0.5) is 0 Å². The molecule has 1 heterocycles. The molecule has 2 N–H and O–H groups in total. The number of nitrogens with zero attached hydrogens (tertiary/aromatic N) is 2. The molecule has 98 valence electrons. The first-order valence-electron chi connectivity index (χ1n) is 6.30. The first kappa shape index (κ1) is 12.4. The molecule has 0 spiro atoms. The highest BCUT2D eigenvalue weighted by Gasteiger charge is 2.14. The molecular formula is C16H13N3O. The summed E-state index contributed by atoms with van der Waals surface area (Å²) in [5.41, 5.74) is 6.74. The van der Waals surface area contributed by atoms with Crippen molar-refractivity contribution < 1.29 is 4.52 Å². The van der Waals surface area contributed by atoms with E-state index in [1.807, 2.05) is 36.4 Å². The van der Waals surface area contributed by atoms with Gasteiger partial charge in [-0.1, -0.05) is 41.6 Å². The lowest BCUT2D eigenvalue weighted by Crippen LogP contribution is -2.09. The van der Waals surface area contributed by atoms with Gasteiger partial charge in [0.2, 0.25) is 11.7 Å². The molecule has 0 bridgehead atoms. The molecule has 4 nitrogen and oxygen atoms in total. The van der Waals surface area contributed by atoms with Crippen molar-refractivity contribution in [3.63, 3.8) is 0 Å². The van der Waals surface area contributed by atoms with E-state index in [4.69, 9.17) is 16.7 Å². The zero-order valence-corrected chi connectivity index (χ0v) is 10.8. The Morgan fingerprint density at radius 3 is 2.80 bits per heavy atom. The average molecular weight is 263 g/mol. The molecule has 0 radical (unpaired) electrons. The minimum atomic E-state index is -0.415. The molecule has 0 saturated heterocycles. The van der Waals surface area contributed by atoms with Crippen LogP contribution in [0.2, 0.25) is 0 Å². The number of fused-ring (bicyclic) bond motifs is 1. The predicted molar refractivity (Wildman–Crippen MR) is 77.6 cm³/mol. The van der Waals surface area contributed by atoms with Gasteiger partial charge >= 0.3 is 0 Å². The molecule has 20 heavy (non-hydrogen) atoms. The third kappa shape index (κ3) is 2.27. The zero-order chi connectivity index (χ0) is 13.9. The van der Waals surface area contributed by atoms with Crippen LogP contribution in [0.15, 0.2) is 47.0 Å². The zero-order valence-electron chi connectivity index (χ0n) is 10.8. The SMILES string of the molecule is C#CCC(N)c1nc(-c2ccc3ccccc3c2)no1. The fourth-order valence-electron chi connectivity index (χ4n) is 2.05. The van der Waals surface area contributed by atoms with Gasteiger partial charge in [0.05, 0.1) is 6.04 Å². The van der Waals surface area contributed by atoms with Gasteiger partial charge in [-0.15, -0.1) is 12.3 Å². The number of aromatic nitrogens is 2. The molecule has 1 unspecified atom stereocenters. The van der Waals surface area contributed by atoms with Crippen LogP contribution in [-0.2, 0) is 0 Å². The van der Waals surface area contributed by atoms with Crippen LogP contribution < -0.4 is 5.73 Å². The molecule has 0 aliphatic carbocycles. The molecular weight excluding hydrogens is 250 g/mol. The molecule has 4 heteroatoms. The molecule has 3 rings (SSSR count). The first-order valence-corrected chi connectivity index (χ1v) is 6.30. The Hall–Kier alpha value is -2.64. The van der Waals surface area contributed by atoms with Crippen molar-refractivity contribution in [3.05, 3.63) is 48.4 Å². The van der Waals surface area contributed by atoms with Gasteiger partial charge in [-0.2, -0.15) is 4.98 Å².